The maximum absolute atomic E-state index is 11.6. The normalized spacial score (nSPS) is 17.6. The number of hydrogen-bond donors (Lipinski definition) is 1. The summed E-state index contributed by atoms with van der Waals surface area (Å²) in [6.07, 6.45) is 5.12. The lowest BCUT2D eigenvalue weighted by Gasteiger charge is -2.31. The first-order valence-corrected chi connectivity index (χ1v) is 7.45. The zero-order valence-corrected chi connectivity index (χ0v) is 11.9. The van der Waals surface area contributed by atoms with Gasteiger partial charge in [-0.1, -0.05) is 13.0 Å². The maximum Gasteiger partial charge on any atom is 0.258 e. The van der Waals surface area contributed by atoms with Crippen LogP contribution < -0.4 is 5.56 Å². The lowest BCUT2D eigenvalue weighted by atomic mass is 9.90. The number of hydrogen-bond acceptors (Lipinski definition) is 3. The Labute approximate surface area is 118 Å². The summed E-state index contributed by atoms with van der Waals surface area (Å²) in [6.45, 7) is 5.82. The van der Waals surface area contributed by atoms with Crippen molar-refractivity contribution in [1.82, 2.24) is 14.9 Å². The predicted molar refractivity (Wildman–Crippen MR) is 80.9 cm³/mol. The minimum Gasteiger partial charge on any atom is -0.313 e. The van der Waals surface area contributed by atoms with E-state index in [1.807, 2.05) is 6.07 Å². The summed E-state index contributed by atoms with van der Waals surface area (Å²) in [7, 11) is 0. The lowest BCUT2D eigenvalue weighted by molar-refractivity contribution is 0.192. The van der Waals surface area contributed by atoms with Gasteiger partial charge in [-0.2, -0.15) is 0 Å². The van der Waals surface area contributed by atoms with E-state index in [0.29, 0.717) is 5.39 Å². The van der Waals surface area contributed by atoms with E-state index >= 15 is 0 Å². The van der Waals surface area contributed by atoms with Crippen LogP contribution in [0.25, 0.3) is 10.9 Å². The van der Waals surface area contributed by atoms with E-state index in [-0.39, 0.29) is 5.56 Å². The van der Waals surface area contributed by atoms with Gasteiger partial charge in [-0.3, -0.25) is 4.79 Å². The number of nitrogens with zero attached hydrogens (tertiary/aromatic N) is 2. The van der Waals surface area contributed by atoms with Gasteiger partial charge in [0.15, 0.2) is 0 Å². The van der Waals surface area contributed by atoms with Crippen molar-refractivity contribution in [2.75, 3.05) is 19.6 Å². The molecule has 2 heterocycles. The van der Waals surface area contributed by atoms with Gasteiger partial charge in [-0.05, 0) is 62.5 Å². The van der Waals surface area contributed by atoms with Gasteiger partial charge < -0.3 is 9.88 Å². The molecule has 1 aromatic heterocycles. The molecule has 1 N–H and O–H groups in total. The topological polar surface area (TPSA) is 49.0 Å². The molecule has 1 aromatic carbocycles. The molecule has 0 saturated carbocycles. The molecule has 0 bridgehead atoms. The summed E-state index contributed by atoms with van der Waals surface area (Å²) >= 11 is 0. The molecular weight excluding hydrogens is 250 g/mol. The Morgan fingerprint density at radius 3 is 2.90 bits per heavy atom. The van der Waals surface area contributed by atoms with Crippen molar-refractivity contribution in [3.63, 3.8) is 0 Å². The van der Waals surface area contributed by atoms with Crippen LogP contribution in [0, 0.1) is 5.92 Å². The zero-order chi connectivity index (χ0) is 13.9. The molecule has 0 aliphatic carbocycles. The Balaban J connectivity index is 1.74. The molecule has 3 rings (SSSR count). The standard InChI is InChI=1S/C16H21N3O/c1-2-19-7-5-12(6-8-19)9-13-3-4-14-15(10-13)17-11-18-16(14)20/h3-4,10-12H,2,5-9H2,1H3,(H,17,18,20). The molecule has 20 heavy (non-hydrogen) atoms. The number of nitrogens with one attached hydrogen (secondary N) is 1. The molecule has 106 valence electrons. The predicted octanol–water partition coefficient (Wildman–Crippen LogP) is 2.20. The van der Waals surface area contributed by atoms with E-state index in [2.05, 4.69) is 33.9 Å². The highest BCUT2D eigenvalue weighted by atomic mass is 16.1. The van der Waals surface area contributed by atoms with E-state index in [0.717, 1.165) is 24.4 Å². The Hall–Kier alpha value is -1.68. The fourth-order valence-electron chi connectivity index (χ4n) is 3.08. The first kappa shape index (κ1) is 13.3. The Bertz CT molecular complexity index is 641. The van der Waals surface area contributed by atoms with Gasteiger partial charge in [-0.15, -0.1) is 0 Å². The molecule has 0 unspecified atom stereocenters. The minimum absolute atomic E-state index is 0.0576. The van der Waals surface area contributed by atoms with Gasteiger partial charge in [0, 0.05) is 0 Å². The van der Waals surface area contributed by atoms with Gasteiger partial charge in [0.2, 0.25) is 0 Å². The van der Waals surface area contributed by atoms with E-state index in [9.17, 15) is 4.79 Å². The van der Waals surface area contributed by atoms with Gasteiger partial charge >= 0.3 is 0 Å². The minimum atomic E-state index is -0.0576. The van der Waals surface area contributed by atoms with Crippen molar-refractivity contribution in [3.8, 4) is 0 Å². The second-order valence-electron chi connectivity index (χ2n) is 5.66. The highest BCUT2D eigenvalue weighted by Gasteiger charge is 2.18. The number of aromatic nitrogens is 2. The number of fused-ring (bicyclic) bond motifs is 1. The summed E-state index contributed by atoms with van der Waals surface area (Å²) in [4.78, 5) is 21.0. The monoisotopic (exact) mass is 271 g/mol. The Kier molecular flexibility index (Phi) is 3.83. The second-order valence-corrected chi connectivity index (χ2v) is 5.66. The number of H-pyrrole nitrogens is 1. The average molecular weight is 271 g/mol. The summed E-state index contributed by atoms with van der Waals surface area (Å²) in [5.41, 5.74) is 2.04. The number of rotatable bonds is 3. The van der Waals surface area contributed by atoms with Gasteiger partial charge in [0.05, 0.1) is 17.2 Å². The van der Waals surface area contributed by atoms with Crippen molar-refractivity contribution in [3.05, 3.63) is 40.4 Å². The van der Waals surface area contributed by atoms with Crippen LogP contribution in [0.3, 0.4) is 0 Å². The van der Waals surface area contributed by atoms with Gasteiger partial charge in [0.25, 0.3) is 5.56 Å². The SMILES string of the molecule is CCN1CCC(Cc2ccc3c(=O)[nH]cnc3c2)CC1. The maximum atomic E-state index is 11.6. The second kappa shape index (κ2) is 5.75. The lowest BCUT2D eigenvalue weighted by Crippen LogP contribution is -2.34. The smallest absolute Gasteiger partial charge is 0.258 e. The van der Waals surface area contributed by atoms with E-state index < -0.39 is 0 Å². The third-order valence-electron chi connectivity index (χ3n) is 4.38. The molecule has 0 spiro atoms. The van der Waals surface area contributed by atoms with Crippen LogP contribution in [-0.4, -0.2) is 34.5 Å². The van der Waals surface area contributed by atoms with Crippen molar-refractivity contribution in [2.24, 2.45) is 5.92 Å². The highest BCUT2D eigenvalue weighted by Crippen LogP contribution is 2.22. The Morgan fingerprint density at radius 1 is 1.35 bits per heavy atom. The number of piperidine rings is 1. The first-order chi connectivity index (χ1) is 9.76. The molecule has 0 amide bonds. The molecule has 1 aliphatic rings. The molecule has 4 nitrogen and oxygen atoms in total. The van der Waals surface area contributed by atoms with Crippen molar-refractivity contribution < 1.29 is 0 Å². The molecule has 0 radical (unpaired) electrons. The average Bonchev–Trinajstić information content (AvgIpc) is 2.48. The van der Waals surface area contributed by atoms with Crippen LogP contribution in [0.15, 0.2) is 29.3 Å². The van der Waals surface area contributed by atoms with Crippen LogP contribution in [0.1, 0.15) is 25.3 Å². The quantitative estimate of drug-likeness (QED) is 0.931. The largest absolute Gasteiger partial charge is 0.313 e. The third kappa shape index (κ3) is 2.75. The highest BCUT2D eigenvalue weighted by molar-refractivity contribution is 5.77. The third-order valence-corrected chi connectivity index (χ3v) is 4.38. The fourth-order valence-corrected chi connectivity index (χ4v) is 3.08. The molecule has 4 heteroatoms. The molecule has 0 atom stereocenters. The zero-order valence-electron chi connectivity index (χ0n) is 11.9. The van der Waals surface area contributed by atoms with Crippen LogP contribution in [0.4, 0.5) is 0 Å². The van der Waals surface area contributed by atoms with E-state index in [1.54, 1.807) is 0 Å². The number of aromatic amines is 1. The van der Waals surface area contributed by atoms with Crippen molar-refractivity contribution in [1.29, 1.82) is 0 Å². The van der Waals surface area contributed by atoms with Crippen LogP contribution in [0.5, 0.6) is 0 Å². The summed E-state index contributed by atoms with van der Waals surface area (Å²) in [5.74, 6) is 0.761. The molecule has 1 fully saturated rings. The number of benzene rings is 1. The van der Waals surface area contributed by atoms with Crippen LogP contribution in [0.2, 0.25) is 0 Å². The summed E-state index contributed by atoms with van der Waals surface area (Å²) in [5, 5.41) is 0.678. The number of likely N-dealkylation sites (tertiary alicyclic amines) is 1. The Morgan fingerprint density at radius 2 is 2.15 bits per heavy atom. The van der Waals surface area contributed by atoms with Crippen LogP contribution in [-0.2, 0) is 6.42 Å². The summed E-state index contributed by atoms with van der Waals surface area (Å²) in [6, 6.07) is 6.04. The summed E-state index contributed by atoms with van der Waals surface area (Å²) < 4.78 is 0. The van der Waals surface area contributed by atoms with E-state index in [4.69, 9.17) is 0 Å². The first-order valence-electron chi connectivity index (χ1n) is 7.45. The molecule has 1 aliphatic heterocycles. The van der Waals surface area contributed by atoms with E-state index in [1.165, 1.54) is 37.8 Å². The van der Waals surface area contributed by atoms with Crippen LogP contribution >= 0.6 is 0 Å². The molecule has 2 aromatic rings. The molecule has 1 saturated heterocycles. The van der Waals surface area contributed by atoms with Gasteiger partial charge in [0.1, 0.15) is 0 Å². The van der Waals surface area contributed by atoms with Gasteiger partial charge in [-0.25, -0.2) is 4.98 Å². The fraction of sp³-hybridized carbons (Fsp3) is 0.500. The molecular formula is C16H21N3O. The van der Waals surface area contributed by atoms with Crippen molar-refractivity contribution >= 4 is 10.9 Å². The van der Waals surface area contributed by atoms with Crippen molar-refractivity contribution in [2.45, 2.75) is 26.2 Å².